The van der Waals surface area contributed by atoms with E-state index in [-0.39, 0.29) is 11.2 Å². The lowest BCUT2D eigenvalue weighted by molar-refractivity contribution is 0.703. The van der Waals surface area contributed by atoms with Crippen molar-refractivity contribution in [2.75, 3.05) is 0 Å². The quantitative estimate of drug-likeness (QED) is 0.510. The van der Waals surface area contributed by atoms with E-state index in [1.807, 2.05) is 0 Å². The second-order valence-corrected chi connectivity index (χ2v) is 17.8. The third-order valence-electron chi connectivity index (χ3n) is 3.39. The normalized spacial score (nSPS) is 11.5. The molecule has 26 heavy (non-hydrogen) atoms. The van der Waals surface area contributed by atoms with Gasteiger partial charge in [0.15, 0.2) is 11.2 Å². The van der Waals surface area contributed by atoms with Gasteiger partial charge < -0.3 is 0 Å². The fourth-order valence-electron chi connectivity index (χ4n) is 2.03. The summed E-state index contributed by atoms with van der Waals surface area (Å²) in [4.78, 5) is 33.6. The first-order valence-corrected chi connectivity index (χ1v) is 15.3. The summed E-state index contributed by atoms with van der Waals surface area (Å²) in [6.45, 7) is 12.8. The molecule has 0 aliphatic heterocycles. The smallest absolute Gasteiger partial charge is 0.279 e. The van der Waals surface area contributed by atoms with Crippen molar-refractivity contribution < 1.29 is 0 Å². The van der Waals surface area contributed by atoms with E-state index in [0.717, 1.165) is 4.57 Å². The van der Waals surface area contributed by atoms with Gasteiger partial charge in [0.1, 0.15) is 27.5 Å². The van der Waals surface area contributed by atoms with Crippen LogP contribution >= 0.6 is 0 Å². The van der Waals surface area contributed by atoms with Gasteiger partial charge in [-0.2, -0.15) is 0 Å². The van der Waals surface area contributed by atoms with Crippen molar-refractivity contribution in [3.05, 3.63) is 32.2 Å². The highest BCUT2D eigenvalue weighted by Crippen LogP contribution is 2.09. The lowest BCUT2D eigenvalue weighted by Gasteiger charge is -2.08. The summed E-state index contributed by atoms with van der Waals surface area (Å²) in [5.41, 5.74) is 6.79. The lowest BCUT2D eigenvalue weighted by Crippen LogP contribution is -2.38. The van der Waals surface area contributed by atoms with E-state index in [9.17, 15) is 9.59 Å². The molecule has 0 aromatic carbocycles. The van der Waals surface area contributed by atoms with Crippen LogP contribution < -0.4 is 11.2 Å². The van der Waals surface area contributed by atoms with E-state index in [4.69, 9.17) is 0 Å². The van der Waals surface area contributed by atoms with Crippen molar-refractivity contribution in [3.8, 4) is 22.9 Å². The maximum absolute atomic E-state index is 12.5. The molecule has 2 heterocycles. The lowest BCUT2D eigenvalue weighted by atomic mass is 10.3. The first-order chi connectivity index (χ1) is 11.8. The van der Waals surface area contributed by atoms with Gasteiger partial charge >= 0.3 is 5.69 Å². The van der Waals surface area contributed by atoms with E-state index in [1.54, 1.807) is 7.05 Å². The van der Waals surface area contributed by atoms with Gasteiger partial charge in [-0.25, -0.2) is 14.8 Å². The van der Waals surface area contributed by atoms with Gasteiger partial charge in [0.25, 0.3) is 5.56 Å². The monoisotopic (exact) mass is 384 g/mol. The average Bonchev–Trinajstić information content (AvgIpc) is 2.52. The van der Waals surface area contributed by atoms with Crippen molar-refractivity contribution in [1.82, 2.24) is 19.1 Å². The van der Waals surface area contributed by atoms with Crippen LogP contribution in [0.1, 0.15) is 11.4 Å². The zero-order valence-electron chi connectivity index (χ0n) is 16.6. The SMILES string of the molecule is Cn1c(=O)c2nc(C#C[Si](C)(C)C)c(C#C[Si](C)(C)C)nc2n(C)c1=O. The second kappa shape index (κ2) is 6.71. The Morgan fingerprint density at radius 1 is 0.769 bits per heavy atom. The molecule has 0 fully saturated rings. The first-order valence-electron chi connectivity index (χ1n) is 8.34. The molecule has 0 N–H and O–H groups in total. The number of hydrogen-bond acceptors (Lipinski definition) is 4. The fourth-order valence-corrected chi connectivity index (χ4v) is 3.02. The highest BCUT2D eigenvalue weighted by atomic mass is 28.3. The Hall–Kier alpha value is -2.43. The van der Waals surface area contributed by atoms with Crippen molar-refractivity contribution in [1.29, 1.82) is 0 Å². The average molecular weight is 385 g/mol. The van der Waals surface area contributed by atoms with Crippen molar-refractivity contribution in [2.24, 2.45) is 14.1 Å². The van der Waals surface area contributed by atoms with Crippen molar-refractivity contribution in [2.45, 2.75) is 39.3 Å². The minimum atomic E-state index is -1.64. The fraction of sp³-hybridized carbons (Fsp3) is 0.444. The van der Waals surface area contributed by atoms with Crippen LogP contribution in [0.5, 0.6) is 0 Å². The zero-order valence-corrected chi connectivity index (χ0v) is 18.6. The number of fused-ring (bicyclic) bond motifs is 1. The number of aryl methyl sites for hydroxylation is 1. The third kappa shape index (κ3) is 4.40. The summed E-state index contributed by atoms with van der Waals surface area (Å²) >= 11 is 0. The molecular weight excluding hydrogens is 360 g/mol. The van der Waals surface area contributed by atoms with Crippen molar-refractivity contribution >= 4 is 27.3 Å². The number of aromatic nitrogens is 4. The van der Waals surface area contributed by atoms with Gasteiger partial charge in [-0.3, -0.25) is 13.9 Å². The van der Waals surface area contributed by atoms with E-state index >= 15 is 0 Å². The summed E-state index contributed by atoms with van der Waals surface area (Å²) in [6, 6.07) is 0. The molecule has 0 aliphatic rings. The summed E-state index contributed by atoms with van der Waals surface area (Å²) in [6.07, 6.45) is 0. The van der Waals surface area contributed by atoms with E-state index in [0.29, 0.717) is 11.4 Å². The predicted molar refractivity (Wildman–Crippen MR) is 110 cm³/mol. The molecule has 0 radical (unpaired) electrons. The van der Waals surface area contributed by atoms with Crippen LogP contribution in [0.4, 0.5) is 0 Å². The van der Waals surface area contributed by atoms with Crippen LogP contribution in [-0.2, 0) is 14.1 Å². The Kier molecular flexibility index (Phi) is 5.13. The predicted octanol–water partition coefficient (Wildman–Crippen LogP) is 1.49. The summed E-state index contributed by atoms with van der Waals surface area (Å²) in [5.74, 6) is 6.17. The molecule has 0 atom stereocenters. The number of nitrogens with zero attached hydrogens (tertiary/aromatic N) is 4. The van der Waals surface area contributed by atoms with Crippen molar-refractivity contribution in [3.63, 3.8) is 0 Å². The minimum Gasteiger partial charge on any atom is -0.279 e. The van der Waals surface area contributed by atoms with Crippen LogP contribution in [0.3, 0.4) is 0 Å². The molecule has 2 rings (SSSR count). The molecule has 0 saturated heterocycles. The first kappa shape index (κ1) is 19.9. The molecule has 2 aromatic rings. The summed E-state index contributed by atoms with van der Waals surface area (Å²) in [5, 5.41) is 0. The Morgan fingerprint density at radius 2 is 1.23 bits per heavy atom. The van der Waals surface area contributed by atoms with Crippen LogP contribution in [0, 0.1) is 22.9 Å². The highest BCUT2D eigenvalue weighted by Gasteiger charge is 2.16. The molecule has 6 nitrogen and oxygen atoms in total. The van der Waals surface area contributed by atoms with E-state index in [2.05, 4.69) is 72.2 Å². The zero-order chi connectivity index (χ0) is 19.9. The number of rotatable bonds is 0. The Bertz CT molecular complexity index is 1120. The largest absolute Gasteiger partial charge is 0.332 e. The van der Waals surface area contributed by atoms with Gasteiger partial charge in [-0.15, -0.1) is 11.1 Å². The number of hydrogen-bond donors (Lipinski definition) is 0. The molecule has 0 amide bonds. The molecule has 0 spiro atoms. The summed E-state index contributed by atoms with van der Waals surface area (Å²) < 4.78 is 2.35. The molecule has 0 saturated carbocycles. The molecule has 136 valence electrons. The van der Waals surface area contributed by atoms with Gasteiger partial charge in [0.05, 0.1) is 0 Å². The molecule has 0 bridgehead atoms. The van der Waals surface area contributed by atoms with Crippen LogP contribution in [-0.4, -0.2) is 35.2 Å². The molecular formula is C18H24N4O2Si2. The third-order valence-corrected chi connectivity index (χ3v) is 5.14. The van der Waals surface area contributed by atoms with Gasteiger partial charge in [-0.05, 0) is 0 Å². The molecule has 0 aliphatic carbocycles. The van der Waals surface area contributed by atoms with E-state index in [1.165, 1.54) is 11.6 Å². The highest BCUT2D eigenvalue weighted by molar-refractivity contribution is 6.84. The van der Waals surface area contributed by atoms with Crippen LogP contribution in [0.25, 0.3) is 11.2 Å². The Balaban J connectivity index is 2.93. The topological polar surface area (TPSA) is 69.8 Å². The molecule has 0 unspecified atom stereocenters. The maximum atomic E-state index is 12.5. The van der Waals surface area contributed by atoms with Crippen LogP contribution in [0.2, 0.25) is 39.3 Å². The van der Waals surface area contributed by atoms with Gasteiger partial charge in [0.2, 0.25) is 0 Å². The second-order valence-electron chi connectivity index (χ2n) is 8.30. The minimum absolute atomic E-state index is 0.132. The van der Waals surface area contributed by atoms with Gasteiger partial charge in [-0.1, -0.05) is 51.1 Å². The molecule has 8 heteroatoms. The van der Waals surface area contributed by atoms with Gasteiger partial charge in [0, 0.05) is 14.1 Å². The van der Waals surface area contributed by atoms with Crippen LogP contribution in [0.15, 0.2) is 9.59 Å². The summed E-state index contributed by atoms with van der Waals surface area (Å²) in [7, 11) is -0.278. The van der Waals surface area contributed by atoms with E-state index < -0.39 is 27.4 Å². The Labute approximate surface area is 155 Å². The Morgan fingerprint density at radius 3 is 1.69 bits per heavy atom. The molecule has 2 aromatic heterocycles. The maximum Gasteiger partial charge on any atom is 0.332 e. The standard InChI is InChI=1S/C18H24N4O2Si2/c1-21-16-15(17(23)22(2)18(21)24)19-13(9-11-25(3,4)5)14(20-16)10-12-26(6,7)8/h1-8H3.